The Bertz CT molecular complexity index is 797. The lowest BCUT2D eigenvalue weighted by atomic mass is 10.1. The highest BCUT2D eigenvalue weighted by molar-refractivity contribution is 7.10. The summed E-state index contributed by atoms with van der Waals surface area (Å²) in [6, 6.07) is 7.70. The maximum absolute atomic E-state index is 12.8. The molecule has 4 nitrogen and oxygen atoms in total. The van der Waals surface area contributed by atoms with E-state index in [1.807, 2.05) is 0 Å². The summed E-state index contributed by atoms with van der Waals surface area (Å²) in [6.45, 7) is 0. The van der Waals surface area contributed by atoms with E-state index in [-0.39, 0.29) is 11.3 Å². The zero-order chi connectivity index (χ0) is 16.6. The Balaban J connectivity index is 1.94. The molecule has 0 spiro atoms. The smallest absolute Gasteiger partial charge is 0.267 e. The minimum absolute atomic E-state index is 0.0484. The van der Waals surface area contributed by atoms with Crippen LogP contribution in [0.25, 0.3) is 6.08 Å². The average molecular weight is 338 g/mol. The molecule has 0 bridgehead atoms. The lowest BCUT2D eigenvalue weighted by molar-refractivity contribution is -0.137. The van der Waals surface area contributed by atoms with E-state index < -0.39 is 23.6 Å². The fourth-order valence-electron chi connectivity index (χ4n) is 2.08. The predicted octanol–water partition coefficient (Wildman–Crippen LogP) is 3.23. The standard InChI is InChI=1S/C15H9F3N2O2S/c16-15(17,18)9-3-1-4-10(7-9)20-14(22)12(13(21)19-20)8-11-5-2-6-23-11/h1-8H,(H,19,21)/b12-8-. The molecule has 0 radical (unpaired) electrons. The molecule has 1 aliphatic heterocycles. The van der Waals surface area contributed by atoms with Gasteiger partial charge >= 0.3 is 6.18 Å². The number of anilines is 1. The van der Waals surface area contributed by atoms with Gasteiger partial charge in [-0.05, 0) is 35.7 Å². The van der Waals surface area contributed by atoms with Gasteiger partial charge in [0, 0.05) is 4.88 Å². The molecule has 1 N–H and O–H groups in total. The number of hydrogen-bond donors (Lipinski definition) is 1. The van der Waals surface area contributed by atoms with Crippen LogP contribution in [0.3, 0.4) is 0 Å². The van der Waals surface area contributed by atoms with Gasteiger partial charge in [0.05, 0.1) is 11.3 Å². The summed E-state index contributed by atoms with van der Waals surface area (Å²) in [7, 11) is 0. The molecule has 1 fully saturated rings. The molecule has 0 aliphatic carbocycles. The summed E-state index contributed by atoms with van der Waals surface area (Å²) < 4.78 is 38.3. The van der Waals surface area contributed by atoms with Gasteiger partial charge in [-0.2, -0.15) is 13.2 Å². The van der Waals surface area contributed by atoms with Crippen LogP contribution < -0.4 is 10.4 Å². The third kappa shape index (κ3) is 2.98. The number of nitrogens with one attached hydrogen (secondary N) is 1. The first-order chi connectivity index (χ1) is 10.9. The monoisotopic (exact) mass is 338 g/mol. The molecule has 23 heavy (non-hydrogen) atoms. The largest absolute Gasteiger partial charge is 0.416 e. The van der Waals surface area contributed by atoms with Gasteiger partial charge in [-0.3, -0.25) is 15.0 Å². The van der Waals surface area contributed by atoms with Crippen molar-refractivity contribution < 1.29 is 22.8 Å². The Morgan fingerprint density at radius 3 is 2.57 bits per heavy atom. The second-order valence-electron chi connectivity index (χ2n) is 4.70. The number of amides is 2. The SMILES string of the molecule is O=C1NN(c2cccc(C(F)(F)F)c2)C(=O)/C1=C\c1cccs1. The van der Waals surface area contributed by atoms with Crippen LogP contribution >= 0.6 is 11.3 Å². The highest BCUT2D eigenvalue weighted by atomic mass is 32.1. The fourth-order valence-corrected chi connectivity index (χ4v) is 2.73. The molecule has 2 heterocycles. The van der Waals surface area contributed by atoms with Gasteiger partial charge in [0.1, 0.15) is 5.57 Å². The van der Waals surface area contributed by atoms with Crippen molar-refractivity contribution in [1.82, 2.24) is 5.43 Å². The number of thiophene rings is 1. The molecule has 8 heteroatoms. The highest BCUT2D eigenvalue weighted by Gasteiger charge is 2.36. The van der Waals surface area contributed by atoms with Gasteiger partial charge in [0.2, 0.25) is 0 Å². The first-order valence-electron chi connectivity index (χ1n) is 6.44. The third-order valence-corrected chi connectivity index (χ3v) is 3.97. The van der Waals surface area contributed by atoms with E-state index in [1.54, 1.807) is 17.5 Å². The molecule has 1 aromatic heterocycles. The number of rotatable bonds is 2. The zero-order valence-electron chi connectivity index (χ0n) is 11.4. The minimum Gasteiger partial charge on any atom is -0.267 e. The van der Waals surface area contributed by atoms with Gasteiger partial charge in [0.15, 0.2) is 0 Å². The number of nitrogens with zero attached hydrogens (tertiary/aromatic N) is 1. The second kappa shape index (κ2) is 5.54. The van der Waals surface area contributed by atoms with E-state index in [0.29, 0.717) is 4.88 Å². The van der Waals surface area contributed by atoms with E-state index in [9.17, 15) is 22.8 Å². The van der Waals surface area contributed by atoms with E-state index in [4.69, 9.17) is 0 Å². The van der Waals surface area contributed by atoms with Crippen LogP contribution in [0.5, 0.6) is 0 Å². The summed E-state index contributed by atoms with van der Waals surface area (Å²) in [5, 5.41) is 2.60. The predicted molar refractivity (Wildman–Crippen MR) is 79.4 cm³/mol. The maximum atomic E-state index is 12.8. The number of hydrogen-bond acceptors (Lipinski definition) is 3. The van der Waals surface area contributed by atoms with Crippen LogP contribution in [-0.2, 0) is 15.8 Å². The lowest BCUT2D eigenvalue weighted by Crippen LogP contribution is -2.35. The average Bonchev–Trinajstić information content (AvgIpc) is 3.10. The summed E-state index contributed by atoms with van der Waals surface area (Å²) >= 11 is 1.34. The Kier molecular flexibility index (Phi) is 3.69. The Labute approximate surface area is 132 Å². The Hall–Kier alpha value is -2.61. The molecule has 2 aromatic rings. The molecular formula is C15H9F3N2O2S. The highest BCUT2D eigenvalue weighted by Crippen LogP contribution is 2.32. The van der Waals surface area contributed by atoms with Crippen LogP contribution in [0.1, 0.15) is 10.4 Å². The summed E-state index contributed by atoms with van der Waals surface area (Å²) in [5.74, 6) is -1.34. The number of carbonyl (C=O) groups is 2. The third-order valence-electron chi connectivity index (χ3n) is 3.15. The van der Waals surface area contributed by atoms with Gasteiger partial charge in [-0.25, -0.2) is 5.01 Å². The van der Waals surface area contributed by atoms with Crippen molar-refractivity contribution in [3.8, 4) is 0 Å². The Morgan fingerprint density at radius 2 is 1.91 bits per heavy atom. The number of hydrazine groups is 1. The molecule has 0 unspecified atom stereocenters. The van der Waals surface area contributed by atoms with Crippen molar-refractivity contribution >= 4 is 34.9 Å². The quantitative estimate of drug-likeness (QED) is 0.675. The maximum Gasteiger partial charge on any atom is 0.416 e. The van der Waals surface area contributed by atoms with Crippen LogP contribution in [0.4, 0.5) is 18.9 Å². The van der Waals surface area contributed by atoms with Crippen LogP contribution in [0, 0.1) is 0 Å². The van der Waals surface area contributed by atoms with Crippen molar-refractivity contribution in [2.24, 2.45) is 0 Å². The van der Waals surface area contributed by atoms with Crippen LogP contribution in [0.15, 0.2) is 47.4 Å². The van der Waals surface area contributed by atoms with E-state index in [2.05, 4.69) is 5.43 Å². The molecule has 1 aliphatic rings. The van der Waals surface area contributed by atoms with Crippen molar-refractivity contribution in [3.63, 3.8) is 0 Å². The summed E-state index contributed by atoms with van der Waals surface area (Å²) in [4.78, 5) is 24.9. The summed E-state index contributed by atoms with van der Waals surface area (Å²) in [5.41, 5.74) is 1.21. The first-order valence-corrected chi connectivity index (χ1v) is 7.32. The normalized spacial score (nSPS) is 17.0. The van der Waals surface area contributed by atoms with Crippen molar-refractivity contribution in [3.05, 3.63) is 57.8 Å². The minimum atomic E-state index is -4.53. The van der Waals surface area contributed by atoms with E-state index >= 15 is 0 Å². The summed E-state index contributed by atoms with van der Waals surface area (Å²) in [6.07, 6.45) is -3.12. The van der Waals surface area contributed by atoms with Crippen molar-refractivity contribution in [1.29, 1.82) is 0 Å². The van der Waals surface area contributed by atoms with Gasteiger partial charge in [-0.15, -0.1) is 11.3 Å². The topological polar surface area (TPSA) is 49.4 Å². The molecule has 3 rings (SSSR count). The lowest BCUT2D eigenvalue weighted by Gasteiger charge is -2.16. The number of carbonyl (C=O) groups excluding carboxylic acids is 2. The fraction of sp³-hybridized carbons (Fsp3) is 0.0667. The Morgan fingerprint density at radius 1 is 1.13 bits per heavy atom. The van der Waals surface area contributed by atoms with Crippen LogP contribution in [0.2, 0.25) is 0 Å². The molecule has 0 saturated carbocycles. The van der Waals surface area contributed by atoms with Crippen molar-refractivity contribution in [2.45, 2.75) is 6.18 Å². The molecule has 1 saturated heterocycles. The van der Waals surface area contributed by atoms with Gasteiger partial charge in [-0.1, -0.05) is 12.1 Å². The number of alkyl halides is 3. The van der Waals surface area contributed by atoms with E-state index in [1.165, 1.54) is 29.5 Å². The molecule has 1 aromatic carbocycles. The van der Waals surface area contributed by atoms with Gasteiger partial charge < -0.3 is 0 Å². The van der Waals surface area contributed by atoms with Crippen molar-refractivity contribution in [2.75, 3.05) is 5.01 Å². The second-order valence-corrected chi connectivity index (χ2v) is 5.68. The zero-order valence-corrected chi connectivity index (χ0v) is 12.2. The molecule has 0 atom stereocenters. The van der Waals surface area contributed by atoms with E-state index in [0.717, 1.165) is 17.1 Å². The molecule has 2 amide bonds. The molecular weight excluding hydrogens is 329 g/mol. The number of halogens is 3. The first kappa shape index (κ1) is 15.3. The molecule has 118 valence electrons. The van der Waals surface area contributed by atoms with Crippen LogP contribution in [-0.4, -0.2) is 11.8 Å². The van der Waals surface area contributed by atoms with Gasteiger partial charge in [0.25, 0.3) is 11.8 Å². The number of benzene rings is 1.